The maximum atomic E-state index is 11.9. The lowest BCUT2D eigenvalue weighted by molar-refractivity contribution is -0.131. The standard InChI is InChI=1S/C16H14Cl2N2O4/c1-10(24-14-6-4-11(17)9-13(14)18)16(22)20-19-15(21)7-5-12-3-2-8-23-12/h2-10H,1H3,(H,19,21)(H,20,22). The molecule has 0 saturated carbocycles. The van der Waals surface area contributed by atoms with Crippen molar-refractivity contribution < 1.29 is 18.7 Å². The number of halogens is 2. The fourth-order valence-electron chi connectivity index (χ4n) is 1.63. The molecule has 2 aromatic rings. The van der Waals surface area contributed by atoms with Gasteiger partial charge in [0.05, 0.1) is 11.3 Å². The Hall–Kier alpha value is -2.44. The number of benzene rings is 1. The van der Waals surface area contributed by atoms with Gasteiger partial charge in [-0.3, -0.25) is 20.4 Å². The number of hydrazine groups is 1. The average molecular weight is 369 g/mol. The van der Waals surface area contributed by atoms with Gasteiger partial charge < -0.3 is 9.15 Å². The van der Waals surface area contributed by atoms with Gasteiger partial charge in [0.25, 0.3) is 11.8 Å². The van der Waals surface area contributed by atoms with Gasteiger partial charge in [0.15, 0.2) is 6.10 Å². The van der Waals surface area contributed by atoms with Crippen molar-refractivity contribution in [2.75, 3.05) is 0 Å². The summed E-state index contributed by atoms with van der Waals surface area (Å²) in [4.78, 5) is 23.5. The summed E-state index contributed by atoms with van der Waals surface area (Å²) in [6.07, 6.45) is 3.30. The summed E-state index contributed by atoms with van der Waals surface area (Å²) in [5.74, 6) is -0.226. The number of amides is 2. The van der Waals surface area contributed by atoms with E-state index in [1.54, 1.807) is 24.3 Å². The fraction of sp³-hybridized carbons (Fsp3) is 0.125. The molecule has 0 bridgehead atoms. The number of ether oxygens (including phenoxy) is 1. The van der Waals surface area contributed by atoms with E-state index in [2.05, 4.69) is 10.9 Å². The summed E-state index contributed by atoms with van der Waals surface area (Å²) in [5, 5.41) is 0.743. The Bertz CT molecular complexity index is 745. The second-order valence-electron chi connectivity index (χ2n) is 4.66. The molecule has 0 spiro atoms. The predicted octanol–water partition coefficient (Wildman–Crippen LogP) is 3.21. The van der Waals surface area contributed by atoms with Crippen LogP contribution in [0, 0.1) is 0 Å². The molecule has 2 rings (SSSR count). The summed E-state index contributed by atoms with van der Waals surface area (Å²) in [6.45, 7) is 1.52. The van der Waals surface area contributed by atoms with Crippen molar-refractivity contribution in [2.24, 2.45) is 0 Å². The molecule has 0 saturated heterocycles. The molecule has 8 heteroatoms. The van der Waals surface area contributed by atoms with Crippen LogP contribution in [-0.4, -0.2) is 17.9 Å². The molecule has 1 heterocycles. The molecule has 1 atom stereocenters. The maximum Gasteiger partial charge on any atom is 0.279 e. The normalized spacial score (nSPS) is 12.0. The summed E-state index contributed by atoms with van der Waals surface area (Å²) in [6, 6.07) is 8.03. The highest BCUT2D eigenvalue weighted by atomic mass is 35.5. The molecule has 24 heavy (non-hydrogen) atoms. The topological polar surface area (TPSA) is 80.6 Å². The average Bonchev–Trinajstić information content (AvgIpc) is 3.06. The Balaban J connectivity index is 1.82. The van der Waals surface area contributed by atoms with Crippen LogP contribution in [0.2, 0.25) is 10.0 Å². The second-order valence-corrected chi connectivity index (χ2v) is 5.51. The minimum Gasteiger partial charge on any atom is -0.479 e. The van der Waals surface area contributed by atoms with Crippen LogP contribution >= 0.6 is 23.2 Å². The Kier molecular flexibility index (Phi) is 6.28. The van der Waals surface area contributed by atoms with Crippen molar-refractivity contribution in [2.45, 2.75) is 13.0 Å². The van der Waals surface area contributed by atoms with E-state index >= 15 is 0 Å². The van der Waals surface area contributed by atoms with Crippen LogP contribution in [0.25, 0.3) is 6.08 Å². The molecule has 0 aliphatic carbocycles. The van der Waals surface area contributed by atoms with Crippen molar-refractivity contribution in [3.8, 4) is 5.75 Å². The number of hydrogen-bond acceptors (Lipinski definition) is 4. The van der Waals surface area contributed by atoms with Crippen LogP contribution in [0.4, 0.5) is 0 Å². The highest BCUT2D eigenvalue weighted by Crippen LogP contribution is 2.28. The predicted molar refractivity (Wildman–Crippen MR) is 90.6 cm³/mol. The third kappa shape index (κ3) is 5.33. The number of carbonyl (C=O) groups is 2. The maximum absolute atomic E-state index is 11.9. The molecule has 1 unspecified atom stereocenters. The summed E-state index contributed by atoms with van der Waals surface area (Å²) in [7, 11) is 0. The Labute approximate surface area is 148 Å². The van der Waals surface area contributed by atoms with Crippen LogP contribution in [0.1, 0.15) is 12.7 Å². The molecular weight excluding hydrogens is 355 g/mol. The van der Waals surface area contributed by atoms with Gasteiger partial charge in [-0.05, 0) is 43.3 Å². The van der Waals surface area contributed by atoms with Crippen molar-refractivity contribution >= 4 is 41.1 Å². The van der Waals surface area contributed by atoms with Crippen LogP contribution in [0.3, 0.4) is 0 Å². The van der Waals surface area contributed by atoms with Gasteiger partial charge in [0.2, 0.25) is 0 Å². The second kappa shape index (κ2) is 8.42. The van der Waals surface area contributed by atoms with Crippen LogP contribution in [0.15, 0.2) is 47.1 Å². The Morgan fingerprint density at radius 3 is 2.71 bits per heavy atom. The van der Waals surface area contributed by atoms with E-state index in [1.807, 2.05) is 0 Å². The largest absolute Gasteiger partial charge is 0.479 e. The first-order valence-corrected chi connectivity index (χ1v) is 7.64. The molecule has 0 fully saturated rings. The quantitative estimate of drug-likeness (QED) is 0.627. The summed E-state index contributed by atoms with van der Waals surface area (Å²) in [5.41, 5.74) is 4.48. The van der Waals surface area contributed by atoms with E-state index in [9.17, 15) is 9.59 Å². The molecule has 1 aromatic carbocycles. The Morgan fingerprint density at radius 2 is 2.04 bits per heavy atom. The van der Waals surface area contributed by atoms with Gasteiger partial charge in [-0.15, -0.1) is 0 Å². The first-order valence-electron chi connectivity index (χ1n) is 6.89. The zero-order chi connectivity index (χ0) is 17.5. The zero-order valence-electron chi connectivity index (χ0n) is 12.6. The van der Waals surface area contributed by atoms with E-state index in [4.69, 9.17) is 32.4 Å². The smallest absolute Gasteiger partial charge is 0.279 e. The van der Waals surface area contributed by atoms with Crippen molar-refractivity contribution in [3.05, 3.63) is 58.5 Å². The molecule has 1 aromatic heterocycles. The van der Waals surface area contributed by atoms with Gasteiger partial charge in [0, 0.05) is 11.1 Å². The van der Waals surface area contributed by atoms with Crippen molar-refractivity contribution in [3.63, 3.8) is 0 Å². The van der Waals surface area contributed by atoms with Crippen molar-refractivity contribution in [1.29, 1.82) is 0 Å². The van der Waals surface area contributed by atoms with E-state index in [0.717, 1.165) is 0 Å². The lowest BCUT2D eigenvalue weighted by Gasteiger charge is -2.15. The van der Waals surface area contributed by atoms with Gasteiger partial charge >= 0.3 is 0 Å². The molecule has 2 N–H and O–H groups in total. The van der Waals surface area contributed by atoms with Crippen molar-refractivity contribution in [1.82, 2.24) is 10.9 Å². The van der Waals surface area contributed by atoms with E-state index < -0.39 is 17.9 Å². The molecular formula is C16H14Cl2N2O4. The fourth-order valence-corrected chi connectivity index (χ4v) is 2.08. The van der Waals surface area contributed by atoms with E-state index in [1.165, 1.54) is 31.4 Å². The molecule has 0 radical (unpaired) electrons. The van der Waals surface area contributed by atoms with Gasteiger partial charge in [-0.2, -0.15) is 0 Å². The first kappa shape index (κ1) is 17.9. The number of furan rings is 1. The number of nitrogens with one attached hydrogen (secondary N) is 2. The lowest BCUT2D eigenvalue weighted by atomic mass is 10.3. The number of rotatable bonds is 5. The number of hydrogen-bond donors (Lipinski definition) is 2. The summed E-state index contributed by atoms with van der Waals surface area (Å²) < 4.78 is 10.5. The molecule has 0 aliphatic rings. The third-order valence-corrected chi connectivity index (χ3v) is 3.35. The molecule has 6 nitrogen and oxygen atoms in total. The van der Waals surface area contributed by atoms with Gasteiger partial charge in [0.1, 0.15) is 11.5 Å². The third-order valence-electron chi connectivity index (χ3n) is 2.82. The minimum atomic E-state index is -0.877. The Morgan fingerprint density at radius 1 is 1.25 bits per heavy atom. The molecule has 0 aliphatic heterocycles. The van der Waals surface area contributed by atoms with Gasteiger partial charge in [-0.25, -0.2) is 0 Å². The van der Waals surface area contributed by atoms with Crippen LogP contribution in [0.5, 0.6) is 5.75 Å². The van der Waals surface area contributed by atoms with Crippen LogP contribution in [-0.2, 0) is 9.59 Å². The zero-order valence-corrected chi connectivity index (χ0v) is 14.1. The number of carbonyl (C=O) groups excluding carboxylic acids is 2. The first-order chi connectivity index (χ1) is 11.5. The highest BCUT2D eigenvalue weighted by Gasteiger charge is 2.16. The lowest BCUT2D eigenvalue weighted by Crippen LogP contribution is -2.46. The van der Waals surface area contributed by atoms with Gasteiger partial charge in [-0.1, -0.05) is 23.2 Å². The molecule has 2 amide bonds. The molecule has 126 valence electrons. The summed E-state index contributed by atoms with van der Waals surface area (Å²) >= 11 is 11.8. The highest BCUT2D eigenvalue weighted by molar-refractivity contribution is 6.35. The van der Waals surface area contributed by atoms with E-state index in [0.29, 0.717) is 16.5 Å². The monoisotopic (exact) mass is 368 g/mol. The van der Waals surface area contributed by atoms with Crippen LogP contribution < -0.4 is 15.6 Å². The minimum absolute atomic E-state index is 0.285. The SMILES string of the molecule is CC(Oc1ccc(Cl)cc1Cl)C(=O)NNC(=O)C=Cc1ccco1. The van der Waals surface area contributed by atoms with E-state index in [-0.39, 0.29) is 5.02 Å².